The zero-order valence-electron chi connectivity index (χ0n) is 13.0. The van der Waals surface area contributed by atoms with Gasteiger partial charge in [-0.1, -0.05) is 30.7 Å². The van der Waals surface area contributed by atoms with Crippen molar-refractivity contribution in [3.63, 3.8) is 0 Å². The van der Waals surface area contributed by atoms with E-state index in [9.17, 15) is 4.79 Å². The summed E-state index contributed by atoms with van der Waals surface area (Å²) in [5.74, 6) is 0.158. The summed E-state index contributed by atoms with van der Waals surface area (Å²) in [7, 11) is 0. The summed E-state index contributed by atoms with van der Waals surface area (Å²) in [6.07, 6.45) is 0.904. The van der Waals surface area contributed by atoms with Gasteiger partial charge in [0.2, 0.25) is 0 Å². The normalized spacial score (nSPS) is 10.8. The number of hydrogen-bond acceptors (Lipinski definition) is 6. The van der Waals surface area contributed by atoms with Crippen LogP contribution in [-0.4, -0.2) is 26.2 Å². The van der Waals surface area contributed by atoms with Crippen LogP contribution in [0.3, 0.4) is 0 Å². The molecule has 0 aliphatic carbocycles. The number of halogens is 1. The topological polar surface area (TPSA) is 69.9 Å². The van der Waals surface area contributed by atoms with Crippen molar-refractivity contribution in [2.75, 3.05) is 0 Å². The Morgan fingerprint density at radius 2 is 2.04 bits per heavy atom. The Bertz CT molecular complexity index is 829. The Balaban J connectivity index is 1.65. The lowest BCUT2D eigenvalue weighted by molar-refractivity contribution is 0.0462. The monoisotopic (exact) mass is 362 g/mol. The lowest BCUT2D eigenvalue weighted by Crippen LogP contribution is -2.10. The average molecular weight is 363 g/mol. The first-order valence-corrected chi connectivity index (χ1v) is 8.64. The fourth-order valence-electron chi connectivity index (χ4n) is 2.13. The van der Waals surface area contributed by atoms with Gasteiger partial charge in [0.25, 0.3) is 0 Å². The average Bonchev–Trinajstić information content (AvgIpc) is 3.23. The van der Waals surface area contributed by atoms with E-state index in [2.05, 4.69) is 15.5 Å². The number of aryl methyl sites for hydroxylation is 1. The molecule has 1 aromatic carbocycles. The van der Waals surface area contributed by atoms with Crippen LogP contribution in [0.25, 0.3) is 10.4 Å². The van der Waals surface area contributed by atoms with Gasteiger partial charge in [-0.15, -0.1) is 16.4 Å². The number of hydrogen-bond donors (Lipinski definition) is 0. The Labute approximate surface area is 148 Å². The predicted molar refractivity (Wildman–Crippen MR) is 92.0 cm³/mol. The molecule has 0 aliphatic heterocycles. The first-order valence-electron chi connectivity index (χ1n) is 7.45. The molecule has 0 fully saturated rings. The van der Waals surface area contributed by atoms with Crippen LogP contribution in [0.1, 0.15) is 28.8 Å². The van der Waals surface area contributed by atoms with Crippen LogP contribution >= 0.6 is 22.9 Å². The number of carbonyl (C=O) groups excluding carboxylic acids is 1. The van der Waals surface area contributed by atoms with Gasteiger partial charge in [0.05, 0.1) is 0 Å². The van der Waals surface area contributed by atoms with Crippen molar-refractivity contribution in [3.05, 3.63) is 52.1 Å². The Kier molecular flexibility index (Phi) is 5.22. The van der Waals surface area contributed by atoms with E-state index in [4.69, 9.17) is 16.3 Å². The maximum atomic E-state index is 12.2. The number of thiophene rings is 1. The van der Waals surface area contributed by atoms with Gasteiger partial charge >= 0.3 is 5.97 Å². The lowest BCUT2D eigenvalue weighted by atomic mass is 10.2. The maximum Gasteiger partial charge on any atom is 0.348 e. The number of esters is 1. The fraction of sp³-hybridized carbons (Fsp3) is 0.250. The number of ether oxygens (including phenoxy) is 1. The summed E-state index contributed by atoms with van der Waals surface area (Å²) in [4.78, 5) is 13.7. The second kappa shape index (κ2) is 7.55. The number of nitrogens with zero attached hydrogens (tertiary/aromatic N) is 4. The highest BCUT2D eigenvalue weighted by Crippen LogP contribution is 2.29. The molecule has 124 valence electrons. The molecule has 0 amide bonds. The third-order valence-electron chi connectivity index (χ3n) is 3.31. The van der Waals surface area contributed by atoms with Crippen LogP contribution in [0.4, 0.5) is 0 Å². The van der Waals surface area contributed by atoms with E-state index < -0.39 is 0 Å². The van der Waals surface area contributed by atoms with Gasteiger partial charge in [-0.05, 0) is 46.7 Å². The zero-order chi connectivity index (χ0) is 16.9. The second-order valence-electron chi connectivity index (χ2n) is 5.07. The number of rotatable bonds is 6. The Morgan fingerprint density at radius 3 is 2.79 bits per heavy atom. The van der Waals surface area contributed by atoms with Crippen molar-refractivity contribution in [1.82, 2.24) is 20.2 Å². The van der Waals surface area contributed by atoms with Crippen molar-refractivity contribution < 1.29 is 9.53 Å². The standard InChI is InChI=1S/C16H15ClN4O2S/c1-2-9-21-15(18-19-20-21)10-23-16(22)14-8-7-13(24-14)11-3-5-12(17)6-4-11/h3-8H,2,9-10H2,1H3. The number of benzene rings is 1. The van der Waals surface area contributed by atoms with Crippen LogP contribution in [0.2, 0.25) is 5.02 Å². The largest absolute Gasteiger partial charge is 0.453 e. The number of tetrazole rings is 1. The van der Waals surface area contributed by atoms with Gasteiger partial charge in [-0.25, -0.2) is 9.48 Å². The molecule has 0 atom stereocenters. The smallest absolute Gasteiger partial charge is 0.348 e. The Morgan fingerprint density at radius 1 is 1.25 bits per heavy atom. The zero-order valence-corrected chi connectivity index (χ0v) is 14.5. The molecule has 8 heteroatoms. The van der Waals surface area contributed by atoms with Crippen molar-refractivity contribution in [2.45, 2.75) is 26.5 Å². The number of aromatic nitrogens is 4. The highest BCUT2D eigenvalue weighted by Gasteiger charge is 2.14. The van der Waals surface area contributed by atoms with Crippen LogP contribution < -0.4 is 0 Å². The minimum Gasteiger partial charge on any atom is -0.453 e. The van der Waals surface area contributed by atoms with Crippen molar-refractivity contribution in [1.29, 1.82) is 0 Å². The van der Waals surface area contributed by atoms with Crippen LogP contribution in [-0.2, 0) is 17.9 Å². The second-order valence-corrected chi connectivity index (χ2v) is 6.59. The molecule has 0 radical (unpaired) electrons. The van der Waals surface area contributed by atoms with E-state index in [-0.39, 0.29) is 12.6 Å². The molecular weight excluding hydrogens is 348 g/mol. The minimum atomic E-state index is -0.383. The van der Waals surface area contributed by atoms with Crippen molar-refractivity contribution in [2.24, 2.45) is 0 Å². The van der Waals surface area contributed by atoms with Crippen molar-refractivity contribution >= 4 is 28.9 Å². The SMILES string of the molecule is CCCn1nnnc1COC(=O)c1ccc(-c2ccc(Cl)cc2)s1. The van der Waals surface area contributed by atoms with Crippen LogP contribution in [0.15, 0.2) is 36.4 Å². The lowest BCUT2D eigenvalue weighted by Gasteiger charge is -2.03. The van der Waals surface area contributed by atoms with Gasteiger partial charge in [0, 0.05) is 16.4 Å². The van der Waals surface area contributed by atoms with E-state index in [1.54, 1.807) is 10.7 Å². The summed E-state index contributed by atoms with van der Waals surface area (Å²) >= 11 is 7.27. The van der Waals surface area contributed by atoms with E-state index in [1.807, 2.05) is 37.3 Å². The molecule has 0 N–H and O–H groups in total. The van der Waals surface area contributed by atoms with E-state index >= 15 is 0 Å². The predicted octanol–water partition coefficient (Wildman–Crippen LogP) is 3.82. The molecule has 2 heterocycles. The fourth-order valence-corrected chi connectivity index (χ4v) is 3.16. The van der Waals surface area contributed by atoms with E-state index in [0.29, 0.717) is 22.3 Å². The van der Waals surface area contributed by atoms with Gasteiger partial charge in [-0.2, -0.15) is 0 Å². The Hall–Kier alpha value is -2.25. The molecule has 3 aromatic rings. The molecule has 24 heavy (non-hydrogen) atoms. The summed E-state index contributed by atoms with van der Waals surface area (Å²) in [5.41, 5.74) is 1.01. The third kappa shape index (κ3) is 3.80. The molecule has 0 bridgehead atoms. The molecule has 0 saturated heterocycles. The molecule has 0 aliphatic rings. The van der Waals surface area contributed by atoms with Crippen LogP contribution in [0.5, 0.6) is 0 Å². The molecule has 6 nitrogen and oxygen atoms in total. The first-order chi connectivity index (χ1) is 11.7. The van der Waals surface area contributed by atoms with Gasteiger partial charge in [0.1, 0.15) is 4.88 Å². The summed E-state index contributed by atoms with van der Waals surface area (Å²) in [5, 5.41) is 12.0. The molecule has 2 aromatic heterocycles. The maximum absolute atomic E-state index is 12.2. The number of carbonyl (C=O) groups is 1. The molecular formula is C16H15ClN4O2S. The molecule has 0 saturated carbocycles. The highest BCUT2D eigenvalue weighted by atomic mass is 35.5. The van der Waals surface area contributed by atoms with Crippen LogP contribution in [0, 0.1) is 0 Å². The quantitative estimate of drug-likeness (QED) is 0.623. The highest BCUT2D eigenvalue weighted by molar-refractivity contribution is 7.17. The molecule has 3 rings (SSSR count). The van der Waals surface area contributed by atoms with E-state index in [1.165, 1.54) is 11.3 Å². The molecule has 0 spiro atoms. The molecule has 0 unspecified atom stereocenters. The minimum absolute atomic E-state index is 0.0556. The third-order valence-corrected chi connectivity index (χ3v) is 4.68. The van der Waals surface area contributed by atoms with Gasteiger partial charge < -0.3 is 4.74 Å². The summed E-state index contributed by atoms with van der Waals surface area (Å²) in [6, 6.07) is 11.1. The van der Waals surface area contributed by atoms with Crippen molar-refractivity contribution in [3.8, 4) is 10.4 Å². The summed E-state index contributed by atoms with van der Waals surface area (Å²) in [6.45, 7) is 2.78. The van der Waals surface area contributed by atoms with E-state index in [0.717, 1.165) is 16.9 Å². The summed E-state index contributed by atoms with van der Waals surface area (Å²) < 4.78 is 6.95. The first kappa shape index (κ1) is 16.6. The van der Waals surface area contributed by atoms with Gasteiger partial charge in [0.15, 0.2) is 12.4 Å². The van der Waals surface area contributed by atoms with Gasteiger partial charge in [-0.3, -0.25) is 0 Å².